The van der Waals surface area contributed by atoms with Crippen molar-refractivity contribution in [2.75, 3.05) is 39.5 Å². The Labute approximate surface area is 121 Å². The fraction of sp³-hybridized carbons (Fsp3) is 0.625. The zero-order chi connectivity index (χ0) is 13.2. The maximum absolute atomic E-state index is 2.60. The molecule has 2 nitrogen and oxygen atoms in total. The minimum atomic E-state index is 0.721. The molecule has 0 amide bonds. The van der Waals surface area contributed by atoms with Gasteiger partial charge in [0.15, 0.2) is 0 Å². The molecular formula is C16H24N2S. The molecule has 0 N–H and O–H groups in total. The molecule has 104 valence electrons. The highest BCUT2D eigenvalue weighted by atomic mass is 32.2. The van der Waals surface area contributed by atoms with Crippen LogP contribution >= 0.6 is 11.8 Å². The van der Waals surface area contributed by atoms with Crippen molar-refractivity contribution in [3.63, 3.8) is 0 Å². The van der Waals surface area contributed by atoms with Gasteiger partial charge in [-0.25, -0.2) is 0 Å². The lowest BCUT2D eigenvalue weighted by Gasteiger charge is -2.37. The summed E-state index contributed by atoms with van der Waals surface area (Å²) in [5.41, 5.74) is 1.57. The molecule has 0 saturated carbocycles. The zero-order valence-electron chi connectivity index (χ0n) is 12.0. The molecule has 2 atom stereocenters. The topological polar surface area (TPSA) is 6.48 Å². The summed E-state index contributed by atoms with van der Waals surface area (Å²) < 4.78 is 0. The fourth-order valence-corrected chi connectivity index (χ4v) is 4.62. The molecule has 0 aromatic heterocycles. The van der Waals surface area contributed by atoms with Gasteiger partial charge in [0.2, 0.25) is 0 Å². The molecule has 19 heavy (non-hydrogen) atoms. The minimum absolute atomic E-state index is 0.721. The highest BCUT2D eigenvalue weighted by molar-refractivity contribution is 7.99. The van der Waals surface area contributed by atoms with E-state index in [2.05, 4.69) is 48.2 Å². The summed E-state index contributed by atoms with van der Waals surface area (Å²) in [5.74, 6) is 1.98. The van der Waals surface area contributed by atoms with Crippen LogP contribution in [0.3, 0.4) is 0 Å². The summed E-state index contributed by atoms with van der Waals surface area (Å²) in [5, 5.41) is 0. The third kappa shape index (κ3) is 2.99. The number of benzene rings is 1. The quantitative estimate of drug-likeness (QED) is 0.838. The van der Waals surface area contributed by atoms with E-state index in [1.54, 1.807) is 5.56 Å². The lowest BCUT2D eigenvalue weighted by molar-refractivity contribution is 0.131. The van der Waals surface area contributed by atoms with E-state index < -0.39 is 0 Å². The second-order valence-electron chi connectivity index (χ2n) is 6.04. The molecule has 2 heterocycles. The van der Waals surface area contributed by atoms with Crippen LogP contribution in [0.15, 0.2) is 29.2 Å². The van der Waals surface area contributed by atoms with Gasteiger partial charge in [0.05, 0.1) is 0 Å². The number of rotatable bonds is 3. The van der Waals surface area contributed by atoms with Gasteiger partial charge in [-0.2, -0.15) is 0 Å². The van der Waals surface area contributed by atoms with Gasteiger partial charge in [-0.15, -0.1) is 11.8 Å². The molecular weight excluding hydrogens is 252 g/mol. The van der Waals surface area contributed by atoms with Crippen molar-refractivity contribution in [3.05, 3.63) is 29.8 Å². The average Bonchev–Trinajstić information content (AvgIpc) is 2.82. The van der Waals surface area contributed by atoms with Gasteiger partial charge in [0, 0.05) is 35.7 Å². The molecule has 2 aliphatic rings. The summed E-state index contributed by atoms with van der Waals surface area (Å²) in [6, 6.07) is 9.69. The third-order valence-corrected chi connectivity index (χ3v) is 5.78. The SMILES string of the molecule is CN1CCCC(N(C)CC2CSc3ccccc32)C1. The van der Waals surface area contributed by atoms with Crippen LogP contribution in [0, 0.1) is 0 Å². The second-order valence-corrected chi connectivity index (χ2v) is 7.11. The number of thioether (sulfide) groups is 1. The number of hydrogen-bond acceptors (Lipinski definition) is 3. The monoisotopic (exact) mass is 276 g/mol. The van der Waals surface area contributed by atoms with E-state index in [0.29, 0.717) is 0 Å². The predicted molar refractivity (Wildman–Crippen MR) is 83.1 cm³/mol. The summed E-state index contributed by atoms with van der Waals surface area (Å²) in [4.78, 5) is 6.58. The standard InChI is InChI=1S/C16H24N2S/c1-17-9-5-6-14(11-17)18(2)10-13-12-19-16-8-4-3-7-15(13)16/h3-4,7-8,13-14H,5-6,9-12H2,1-2H3. The van der Waals surface area contributed by atoms with Gasteiger partial charge in [0.25, 0.3) is 0 Å². The first kappa shape index (κ1) is 13.5. The molecule has 2 unspecified atom stereocenters. The molecule has 3 rings (SSSR count). The first-order chi connectivity index (χ1) is 9.24. The lowest BCUT2D eigenvalue weighted by atomic mass is 9.98. The largest absolute Gasteiger partial charge is 0.305 e. The maximum Gasteiger partial charge on any atom is 0.0220 e. The Morgan fingerprint density at radius 2 is 2.21 bits per heavy atom. The van der Waals surface area contributed by atoms with Crippen molar-refractivity contribution >= 4 is 11.8 Å². The highest BCUT2D eigenvalue weighted by Gasteiger charge is 2.27. The molecule has 2 aliphatic heterocycles. The van der Waals surface area contributed by atoms with Crippen LogP contribution in [0.5, 0.6) is 0 Å². The maximum atomic E-state index is 2.60. The number of hydrogen-bond donors (Lipinski definition) is 0. The Morgan fingerprint density at radius 3 is 3.05 bits per heavy atom. The van der Waals surface area contributed by atoms with E-state index in [0.717, 1.165) is 12.0 Å². The predicted octanol–water partition coefficient (Wildman–Crippen LogP) is 2.90. The third-order valence-electron chi connectivity index (χ3n) is 4.53. The van der Waals surface area contributed by atoms with E-state index in [1.807, 2.05) is 11.8 Å². The average molecular weight is 276 g/mol. The van der Waals surface area contributed by atoms with Crippen LogP contribution in [0.2, 0.25) is 0 Å². The van der Waals surface area contributed by atoms with E-state index >= 15 is 0 Å². The Morgan fingerprint density at radius 1 is 1.37 bits per heavy atom. The molecule has 0 bridgehead atoms. The summed E-state index contributed by atoms with van der Waals surface area (Å²) >= 11 is 2.03. The second kappa shape index (κ2) is 5.86. The summed E-state index contributed by atoms with van der Waals surface area (Å²) in [6.45, 7) is 3.72. The van der Waals surface area contributed by atoms with E-state index in [9.17, 15) is 0 Å². The van der Waals surface area contributed by atoms with Crippen LogP contribution in [-0.4, -0.2) is 55.3 Å². The van der Waals surface area contributed by atoms with Crippen molar-refractivity contribution in [3.8, 4) is 0 Å². The minimum Gasteiger partial charge on any atom is -0.305 e. The van der Waals surface area contributed by atoms with E-state index in [1.165, 1.54) is 43.1 Å². The van der Waals surface area contributed by atoms with Gasteiger partial charge >= 0.3 is 0 Å². The van der Waals surface area contributed by atoms with Crippen LogP contribution < -0.4 is 0 Å². The van der Waals surface area contributed by atoms with Crippen LogP contribution in [-0.2, 0) is 0 Å². The molecule has 0 spiro atoms. The van der Waals surface area contributed by atoms with Crippen molar-refractivity contribution < 1.29 is 0 Å². The Balaban J connectivity index is 1.63. The normalized spacial score (nSPS) is 27.7. The Kier molecular flexibility index (Phi) is 4.15. The van der Waals surface area contributed by atoms with Gasteiger partial charge in [-0.05, 0) is 45.1 Å². The molecule has 1 fully saturated rings. The number of fused-ring (bicyclic) bond motifs is 1. The van der Waals surface area contributed by atoms with Crippen LogP contribution in [0.25, 0.3) is 0 Å². The van der Waals surface area contributed by atoms with Crippen LogP contribution in [0.4, 0.5) is 0 Å². The zero-order valence-corrected chi connectivity index (χ0v) is 12.8. The fourth-order valence-electron chi connectivity index (χ4n) is 3.38. The number of piperidine rings is 1. The summed E-state index contributed by atoms with van der Waals surface area (Å²) in [6.07, 6.45) is 2.71. The highest BCUT2D eigenvalue weighted by Crippen LogP contribution is 2.39. The van der Waals surface area contributed by atoms with E-state index in [4.69, 9.17) is 0 Å². The van der Waals surface area contributed by atoms with Crippen molar-refractivity contribution in [2.45, 2.75) is 29.7 Å². The van der Waals surface area contributed by atoms with Gasteiger partial charge < -0.3 is 9.80 Å². The van der Waals surface area contributed by atoms with Crippen molar-refractivity contribution in [1.29, 1.82) is 0 Å². The number of likely N-dealkylation sites (N-methyl/N-ethyl adjacent to an activating group) is 2. The Hall–Kier alpha value is -0.510. The van der Waals surface area contributed by atoms with Crippen LogP contribution in [0.1, 0.15) is 24.3 Å². The molecule has 3 heteroatoms. The first-order valence-electron chi connectivity index (χ1n) is 7.34. The molecule has 1 saturated heterocycles. The van der Waals surface area contributed by atoms with Gasteiger partial charge in [-0.1, -0.05) is 18.2 Å². The van der Waals surface area contributed by atoms with Crippen molar-refractivity contribution in [1.82, 2.24) is 9.80 Å². The lowest BCUT2D eigenvalue weighted by Crippen LogP contribution is -2.46. The smallest absolute Gasteiger partial charge is 0.0220 e. The number of likely N-dealkylation sites (tertiary alicyclic amines) is 1. The number of nitrogens with zero attached hydrogens (tertiary/aromatic N) is 2. The molecule has 1 aromatic rings. The first-order valence-corrected chi connectivity index (χ1v) is 8.33. The van der Waals surface area contributed by atoms with E-state index in [-0.39, 0.29) is 0 Å². The van der Waals surface area contributed by atoms with Crippen molar-refractivity contribution in [2.24, 2.45) is 0 Å². The molecule has 0 radical (unpaired) electrons. The molecule has 1 aromatic carbocycles. The Bertz CT molecular complexity index is 435. The summed E-state index contributed by atoms with van der Waals surface area (Å²) in [7, 11) is 4.57. The van der Waals surface area contributed by atoms with Gasteiger partial charge in [0.1, 0.15) is 0 Å². The molecule has 0 aliphatic carbocycles. The van der Waals surface area contributed by atoms with Gasteiger partial charge in [-0.3, -0.25) is 0 Å².